The molecule has 2 aliphatic carbocycles. The van der Waals surface area contributed by atoms with Gasteiger partial charge in [-0.05, 0) is 54.2 Å². The van der Waals surface area contributed by atoms with Gasteiger partial charge in [-0.2, -0.15) is 0 Å². The van der Waals surface area contributed by atoms with Crippen LogP contribution in [0.15, 0.2) is 18.2 Å². The van der Waals surface area contributed by atoms with Gasteiger partial charge in [0.1, 0.15) is 5.82 Å². The summed E-state index contributed by atoms with van der Waals surface area (Å²) in [5, 5.41) is 3.10. The van der Waals surface area contributed by atoms with Gasteiger partial charge in [0.2, 0.25) is 0 Å². The topological polar surface area (TPSA) is 55.1 Å². The largest absolute Gasteiger partial charge is 0.399 e. The standard InChI is InChI=1S/C17H23FN2O/c1-16(2)10-6-7-17(3,9-10)15(16)20-14(21)12-5-4-11(19)8-13(12)18/h4-5,8,10,15H,6-7,9,19H2,1-3H3,(H,20,21). The summed E-state index contributed by atoms with van der Waals surface area (Å²) in [6, 6.07) is 4.31. The van der Waals surface area contributed by atoms with Crippen molar-refractivity contribution in [1.29, 1.82) is 0 Å². The Balaban J connectivity index is 1.85. The summed E-state index contributed by atoms with van der Waals surface area (Å²) in [7, 11) is 0. The van der Waals surface area contributed by atoms with Gasteiger partial charge in [-0.3, -0.25) is 4.79 Å². The lowest BCUT2D eigenvalue weighted by atomic mass is 9.68. The third-order valence-electron chi connectivity index (χ3n) is 5.78. The Morgan fingerprint density at radius 3 is 2.67 bits per heavy atom. The molecule has 2 bridgehead atoms. The monoisotopic (exact) mass is 290 g/mol. The lowest BCUT2D eigenvalue weighted by Gasteiger charge is -2.43. The molecule has 0 radical (unpaired) electrons. The quantitative estimate of drug-likeness (QED) is 0.821. The first-order valence-electron chi connectivity index (χ1n) is 7.60. The molecule has 1 aromatic carbocycles. The van der Waals surface area contributed by atoms with E-state index < -0.39 is 5.82 Å². The van der Waals surface area contributed by atoms with Gasteiger partial charge >= 0.3 is 0 Å². The highest BCUT2D eigenvalue weighted by atomic mass is 19.1. The Labute approximate surface area is 125 Å². The van der Waals surface area contributed by atoms with Crippen molar-refractivity contribution in [2.45, 2.75) is 46.1 Å². The fourth-order valence-electron chi connectivity index (χ4n) is 4.59. The molecule has 2 saturated carbocycles. The molecule has 3 rings (SSSR count). The zero-order valence-electron chi connectivity index (χ0n) is 12.9. The molecule has 0 spiro atoms. The minimum absolute atomic E-state index is 0.0624. The van der Waals surface area contributed by atoms with Crippen molar-refractivity contribution in [3.8, 4) is 0 Å². The van der Waals surface area contributed by atoms with Crippen LogP contribution < -0.4 is 11.1 Å². The number of amides is 1. The van der Waals surface area contributed by atoms with E-state index >= 15 is 0 Å². The molecule has 0 heterocycles. The van der Waals surface area contributed by atoms with Crippen LogP contribution in [0.25, 0.3) is 0 Å². The molecule has 0 aromatic heterocycles. The SMILES string of the molecule is CC12CCC(C1)C(C)(C)C2NC(=O)c1ccc(N)cc1F. The number of carbonyl (C=O) groups excluding carboxylic acids is 1. The lowest BCUT2D eigenvalue weighted by Crippen LogP contribution is -2.52. The number of rotatable bonds is 2. The number of carbonyl (C=O) groups is 1. The number of nitrogens with one attached hydrogen (secondary N) is 1. The lowest BCUT2D eigenvalue weighted by molar-refractivity contribution is 0.0734. The van der Waals surface area contributed by atoms with E-state index in [-0.39, 0.29) is 28.3 Å². The van der Waals surface area contributed by atoms with E-state index in [1.165, 1.54) is 18.6 Å². The van der Waals surface area contributed by atoms with E-state index in [1.54, 1.807) is 6.07 Å². The zero-order valence-corrected chi connectivity index (χ0v) is 12.9. The summed E-state index contributed by atoms with van der Waals surface area (Å²) in [6.07, 6.45) is 3.51. The Morgan fingerprint density at radius 1 is 1.38 bits per heavy atom. The summed E-state index contributed by atoms with van der Waals surface area (Å²) in [5.74, 6) is -0.248. The van der Waals surface area contributed by atoms with Crippen LogP contribution in [-0.4, -0.2) is 11.9 Å². The second-order valence-electron chi connectivity index (χ2n) is 7.56. The van der Waals surface area contributed by atoms with Crippen LogP contribution in [0, 0.1) is 22.6 Å². The predicted octanol–water partition coefficient (Wildman–Crippen LogP) is 3.35. The maximum Gasteiger partial charge on any atom is 0.254 e. The first kappa shape index (κ1) is 14.4. The fourth-order valence-corrected chi connectivity index (χ4v) is 4.59. The number of hydrogen-bond donors (Lipinski definition) is 2. The number of anilines is 1. The Morgan fingerprint density at radius 2 is 2.10 bits per heavy atom. The van der Waals surface area contributed by atoms with Gasteiger partial charge in [0, 0.05) is 11.7 Å². The van der Waals surface area contributed by atoms with E-state index in [0.29, 0.717) is 11.6 Å². The summed E-state index contributed by atoms with van der Waals surface area (Å²) in [4.78, 5) is 12.4. The van der Waals surface area contributed by atoms with Crippen molar-refractivity contribution in [3.63, 3.8) is 0 Å². The minimum Gasteiger partial charge on any atom is -0.399 e. The second kappa shape index (κ2) is 4.46. The Bertz CT molecular complexity index is 594. The van der Waals surface area contributed by atoms with Gasteiger partial charge in [-0.15, -0.1) is 0 Å². The van der Waals surface area contributed by atoms with Gasteiger partial charge in [0.15, 0.2) is 0 Å². The fraction of sp³-hybridized carbons (Fsp3) is 0.588. The number of benzene rings is 1. The molecule has 1 amide bonds. The van der Waals surface area contributed by atoms with E-state index in [0.717, 1.165) is 12.8 Å². The summed E-state index contributed by atoms with van der Waals surface area (Å²) >= 11 is 0. The molecule has 0 saturated heterocycles. The summed E-state index contributed by atoms with van der Waals surface area (Å²) in [6.45, 7) is 6.67. The van der Waals surface area contributed by atoms with Crippen LogP contribution in [0.3, 0.4) is 0 Å². The smallest absolute Gasteiger partial charge is 0.254 e. The van der Waals surface area contributed by atoms with E-state index in [2.05, 4.69) is 26.1 Å². The molecule has 21 heavy (non-hydrogen) atoms. The third-order valence-corrected chi connectivity index (χ3v) is 5.78. The summed E-state index contributed by atoms with van der Waals surface area (Å²) < 4.78 is 13.9. The van der Waals surface area contributed by atoms with Crippen molar-refractivity contribution < 1.29 is 9.18 Å². The molecule has 3 unspecified atom stereocenters. The maximum atomic E-state index is 13.9. The number of halogens is 1. The van der Waals surface area contributed by atoms with Crippen molar-refractivity contribution in [3.05, 3.63) is 29.6 Å². The normalized spacial score (nSPS) is 33.1. The number of nitrogen functional groups attached to an aromatic ring is 1. The van der Waals surface area contributed by atoms with Crippen molar-refractivity contribution >= 4 is 11.6 Å². The van der Waals surface area contributed by atoms with Gasteiger partial charge in [-0.1, -0.05) is 20.8 Å². The van der Waals surface area contributed by atoms with Crippen LogP contribution >= 0.6 is 0 Å². The van der Waals surface area contributed by atoms with Crippen molar-refractivity contribution in [2.24, 2.45) is 16.7 Å². The molecule has 114 valence electrons. The highest BCUT2D eigenvalue weighted by Gasteiger charge is 2.59. The van der Waals surface area contributed by atoms with Crippen LogP contribution in [0.2, 0.25) is 0 Å². The van der Waals surface area contributed by atoms with Gasteiger partial charge in [0.25, 0.3) is 5.91 Å². The minimum atomic E-state index is -0.557. The molecular weight excluding hydrogens is 267 g/mol. The van der Waals surface area contributed by atoms with E-state index in [9.17, 15) is 9.18 Å². The highest BCUT2D eigenvalue weighted by molar-refractivity contribution is 5.95. The molecule has 3 atom stereocenters. The van der Waals surface area contributed by atoms with E-state index in [1.807, 2.05) is 0 Å². The molecule has 3 nitrogen and oxygen atoms in total. The molecular formula is C17H23FN2O. The number of fused-ring (bicyclic) bond motifs is 2. The van der Waals surface area contributed by atoms with Crippen molar-refractivity contribution in [1.82, 2.24) is 5.32 Å². The Hall–Kier alpha value is -1.58. The van der Waals surface area contributed by atoms with Gasteiger partial charge < -0.3 is 11.1 Å². The van der Waals surface area contributed by atoms with Crippen molar-refractivity contribution in [2.75, 3.05) is 5.73 Å². The molecule has 2 fully saturated rings. The number of hydrogen-bond acceptors (Lipinski definition) is 2. The van der Waals surface area contributed by atoms with E-state index in [4.69, 9.17) is 5.73 Å². The van der Waals surface area contributed by atoms with Crippen LogP contribution in [-0.2, 0) is 0 Å². The van der Waals surface area contributed by atoms with Gasteiger partial charge in [0.05, 0.1) is 5.56 Å². The predicted molar refractivity (Wildman–Crippen MR) is 81.3 cm³/mol. The molecule has 1 aromatic rings. The molecule has 0 aliphatic heterocycles. The zero-order chi connectivity index (χ0) is 15.4. The molecule has 2 aliphatic rings. The van der Waals surface area contributed by atoms with Crippen LogP contribution in [0.4, 0.5) is 10.1 Å². The Kier molecular flexibility index (Phi) is 3.05. The third kappa shape index (κ3) is 2.12. The van der Waals surface area contributed by atoms with Crippen LogP contribution in [0.1, 0.15) is 50.4 Å². The summed E-state index contributed by atoms with van der Waals surface area (Å²) in [5.41, 5.74) is 6.13. The van der Waals surface area contributed by atoms with Crippen LogP contribution in [0.5, 0.6) is 0 Å². The molecule has 3 N–H and O–H groups in total. The average molecular weight is 290 g/mol. The first-order chi connectivity index (χ1) is 9.74. The molecule has 4 heteroatoms. The number of nitrogens with two attached hydrogens (primary N) is 1. The second-order valence-corrected chi connectivity index (χ2v) is 7.56. The highest BCUT2D eigenvalue weighted by Crippen LogP contribution is 2.62. The van der Waals surface area contributed by atoms with Gasteiger partial charge in [-0.25, -0.2) is 4.39 Å². The maximum absolute atomic E-state index is 13.9. The first-order valence-corrected chi connectivity index (χ1v) is 7.60. The average Bonchev–Trinajstić information content (AvgIpc) is 2.85.